The maximum Gasteiger partial charge on any atom is 0.262 e. The van der Waals surface area contributed by atoms with E-state index in [1.165, 1.54) is 11.9 Å². The Labute approximate surface area is 142 Å². The molecule has 8 heteroatoms. The van der Waals surface area contributed by atoms with Crippen molar-refractivity contribution in [2.75, 3.05) is 13.1 Å². The van der Waals surface area contributed by atoms with Crippen LogP contribution in [-0.2, 0) is 23.6 Å². The lowest BCUT2D eigenvalue weighted by atomic mass is 10.1. The van der Waals surface area contributed by atoms with Gasteiger partial charge < -0.3 is 4.57 Å². The van der Waals surface area contributed by atoms with Gasteiger partial charge in [-0.05, 0) is 24.5 Å². The molecule has 2 aromatic heterocycles. The van der Waals surface area contributed by atoms with Crippen molar-refractivity contribution in [2.45, 2.75) is 36.5 Å². The number of aromatic nitrogens is 3. The molecule has 0 bridgehead atoms. The summed E-state index contributed by atoms with van der Waals surface area (Å²) < 4.78 is 29.1. The van der Waals surface area contributed by atoms with Crippen molar-refractivity contribution in [3.8, 4) is 0 Å². The van der Waals surface area contributed by atoms with Gasteiger partial charge in [-0.1, -0.05) is 6.07 Å². The lowest BCUT2D eigenvalue weighted by Gasteiger charge is -2.24. The minimum Gasteiger partial charge on any atom is -0.339 e. The van der Waals surface area contributed by atoms with Gasteiger partial charge in [-0.15, -0.1) is 0 Å². The zero-order valence-electron chi connectivity index (χ0n) is 13.6. The molecular weight excluding hydrogens is 326 g/mol. The summed E-state index contributed by atoms with van der Waals surface area (Å²) in [5, 5.41) is 0.149. The average molecular weight is 347 g/mol. The van der Waals surface area contributed by atoms with E-state index < -0.39 is 10.0 Å². The molecule has 128 valence electrons. The number of hydrogen-bond acceptors (Lipinski definition) is 5. The summed E-state index contributed by atoms with van der Waals surface area (Å²) >= 11 is 0. The minimum absolute atomic E-state index is 0.0497. The third kappa shape index (κ3) is 2.64. The fraction of sp³-hybridized carbons (Fsp3) is 0.500. The molecule has 2 atom stereocenters. The molecule has 4 heterocycles. The van der Waals surface area contributed by atoms with Crippen LogP contribution in [0.25, 0.3) is 0 Å². The number of fused-ring (bicyclic) bond motifs is 1. The molecule has 4 rings (SSSR count). The van der Waals surface area contributed by atoms with E-state index in [1.807, 2.05) is 12.3 Å². The van der Waals surface area contributed by atoms with Crippen LogP contribution >= 0.6 is 0 Å². The number of aryl methyl sites for hydroxylation is 1. The number of nitrogens with zero attached hydrogens (tertiary/aromatic N) is 5. The normalized spacial score (nSPS) is 25.2. The standard InChI is InChI=1S/C16H21N5O2S/c1-19-11-16(18-12-19)24(22,23)21-8-5-14-15(21)4-7-20(14)10-13-3-2-6-17-9-13/h2-3,6,9,11-12,14-15H,4-5,7-8,10H2,1H3/t14-,15+/m1/s1. The SMILES string of the molecule is Cn1cnc(S(=O)(=O)N2CC[C@@H]3[C@@H]2CCN3Cc2cccnc2)c1. The molecule has 0 aromatic carbocycles. The molecule has 0 aliphatic carbocycles. The predicted molar refractivity (Wildman–Crippen MR) is 88.6 cm³/mol. The molecule has 0 unspecified atom stereocenters. The van der Waals surface area contributed by atoms with E-state index in [4.69, 9.17) is 0 Å². The fourth-order valence-electron chi connectivity index (χ4n) is 3.90. The Bertz CT molecular complexity index is 820. The van der Waals surface area contributed by atoms with Gasteiger partial charge in [-0.2, -0.15) is 4.31 Å². The minimum atomic E-state index is -3.51. The highest BCUT2D eigenvalue weighted by Crippen LogP contribution is 2.35. The first-order valence-corrected chi connectivity index (χ1v) is 9.62. The van der Waals surface area contributed by atoms with Crippen LogP contribution in [0.4, 0.5) is 0 Å². The first kappa shape index (κ1) is 15.7. The Morgan fingerprint density at radius 1 is 1.25 bits per heavy atom. The highest BCUT2D eigenvalue weighted by atomic mass is 32.2. The van der Waals surface area contributed by atoms with Crippen molar-refractivity contribution in [1.82, 2.24) is 23.7 Å². The molecule has 0 saturated carbocycles. The summed E-state index contributed by atoms with van der Waals surface area (Å²) in [6.07, 6.45) is 8.50. The zero-order valence-corrected chi connectivity index (χ0v) is 14.4. The van der Waals surface area contributed by atoms with Gasteiger partial charge in [0.1, 0.15) is 0 Å². The number of likely N-dealkylation sites (tertiary alicyclic amines) is 1. The van der Waals surface area contributed by atoms with Gasteiger partial charge in [0.2, 0.25) is 0 Å². The van der Waals surface area contributed by atoms with Gasteiger partial charge in [0.25, 0.3) is 10.0 Å². The maximum absolute atomic E-state index is 12.9. The number of imidazole rings is 1. The van der Waals surface area contributed by atoms with Crippen molar-refractivity contribution in [3.05, 3.63) is 42.6 Å². The molecule has 0 N–H and O–H groups in total. The summed E-state index contributed by atoms with van der Waals surface area (Å²) in [7, 11) is -1.72. The largest absolute Gasteiger partial charge is 0.339 e. The van der Waals surface area contributed by atoms with E-state index in [-0.39, 0.29) is 17.1 Å². The first-order chi connectivity index (χ1) is 11.6. The van der Waals surface area contributed by atoms with E-state index >= 15 is 0 Å². The van der Waals surface area contributed by atoms with Crippen molar-refractivity contribution < 1.29 is 8.42 Å². The summed E-state index contributed by atoms with van der Waals surface area (Å²) in [5.74, 6) is 0. The van der Waals surface area contributed by atoms with Gasteiger partial charge in [0, 0.05) is 57.4 Å². The Balaban J connectivity index is 1.52. The lowest BCUT2D eigenvalue weighted by molar-refractivity contribution is 0.240. The third-order valence-electron chi connectivity index (χ3n) is 5.00. The van der Waals surface area contributed by atoms with E-state index in [9.17, 15) is 8.42 Å². The van der Waals surface area contributed by atoms with Crippen LogP contribution in [0.2, 0.25) is 0 Å². The average Bonchev–Trinajstić information content (AvgIpc) is 3.26. The summed E-state index contributed by atoms with van der Waals surface area (Å²) in [5.41, 5.74) is 1.17. The lowest BCUT2D eigenvalue weighted by Crippen LogP contribution is -2.39. The van der Waals surface area contributed by atoms with Crippen LogP contribution in [-0.4, -0.2) is 57.3 Å². The van der Waals surface area contributed by atoms with Crippen LogP contribution in [0.5, 0.6) is 0 Å². The Morgan fingerprint density at radius 2 is 2.08 bits per heavy atom. The smallest absolute Gasteiger partial charge is 0.262 e. The van der Waals surface area contributed by atoms with Gasteiger partial charge in [0.05, 0.1) is 6.33 Å². The number of sulfonamides is 1. The van der Waals surface area contributed by atoms with Crippen LogP contribution in [0.1, 0.15) is 18.4 Å². The van der Waals surface area contributed by atoms with E-state index in [2.05, 4.69) is 20.9 Å². The number of rotatable bonds is 4. The number of hydrogen-bond donors (Lipinski definition) is 0. The van der Waals surface area contributed by atoms with Crippen molar-refractivity contribution >= 4 is 10.0 Å². The Kier molecular flexibility index (Phi) is 3.90. The highest BCUT2D eigenvalue weighted by molar-refractivity contribution is 7.89. The van der Waals surface area contributed by atoms with Crippen LogP contribution in [0, 0.1) is 0 Å². The second kappa shape index (κ2) is 5.94. The Hall–Kier alpha value is -1.77. The molecule has 24 heavy (non-hydrogen) atoms. The molecule has 2 saturated heterocycles. The predicted octanol–water partition coefficient (Wildman–Crippen LogP) is 0.853. The van der Waals surface area contributed by atoms with Crippen molar-refractivity contribution in [3.63, 3.8) is 0 Å². The van der Waals surface area contributed by atoms with Crippen molar-refractivity contribution in [1.29, 1.82) is 0 Å². The number of pyridine rings is 1. The maximum atomic E-state index is 12.9. The van der Waals surface area contributed by atoms with E-state index in [0.717, 1.165) is 25.9 Å². The Morgan fingerprint density at radius 3 is 2.79 bits per heavy atom. The van der Waals surface area contributed by atoms with Gasteiger partial charge in [-0.3, -0.25) is 9.88 Å². The summed E-state index contributed by atoms with van der Waals surface area (Å²) in [6, 6.07) is 4.34. The molecule has 2 aliphatic rings. The molecule has 2 fully saturated rings. The van der Waals surface area contributed by atoms with Gasteiger partial charge in [0.15, 0.2) is 5.03 Å². The third-order valence-corrected chi connectivity index (χ3v) is 6.81. The first-order valence-electron chi connectivity index (χ1n) is 8.18. The molecule has 2 aliphatic heterocycles. The molecular formula is C16H21N5O2S. The molecule has 7 nitrogen and oxygen atoms in total. The van der Waals surface area contributed by atoms with Gasteiger partial charge in [-0.25, -0.2) is 13.4 Å². The summed E-state index contributed by atoms with van der Waals surface area (Å²) in [4.78, 5) is 10.6. The molecule has 0 amide bonds. The molecule has 2 aromatic rings. The quantitative estimate of drug-likeness (QED) is 0.820. The van der Waals surface area contributed by atoms with E-state index in [0.29, 0.717) is 6.54 Å². The van der Waals surface area contributed by atoms with Crippen molar-refractivity contribution in [2.24, 2.45) is 7.05 Å². The molecule has 0 radical (unpaired) electrons. The zero-order chi connectivity index (χ0) is 16.7. The van der Waals surface area contributed by atoms with Crippen LogP contribution < -0.4 is 0 Å². The van der Waals surface area contributed by atoms with Crippen LogP contribution in [0.3, 0.4) is 0 Å². The van der Waals surface area contributed by atoms with E-state index in [1.54, 1.807) is 28.3 Å². The highest BCUT2D eigenvalue weighted by Gasteiger charge is 2.47. The van der Waals surface area contributed by atoms with Gasteiger partial charge >= 0.3 is 0 Å². The molecule has 0 spiro atoms. The fourth-order valence-corrected chi connectivity index (χ4v) is 5.57. The van der Waals surface area contributed by atoms with Crippen LogP contribution in [0.15, 0.2) is 42.1 Å². The second-order valence-corrected chi connectivity index (χ2v) is 8.37. The monoisotopic (exact) mass is 347 g/mol. The summed E-state index contributed by atoms with van der Waals surface area (Å²) in [6.45, 7) is 2.31. The second-order valence-electron chi connectivity index (χ2n) is 6.54. The topological polar surface area (TPSA) is 71.3 Å².